The molecule has 0 aromatic carbocycles. The van der Waals surface area contributed by atoms with Crippen molar-refractivity contribution in [3.05, 3.63) is 0 Å². The highest BCUT2D eigenvalue weighted by atomic mass is 16.3. The van der Waals surface area contributed by atoms with E-state index in [1.54, 1.807) is 0 Å². The topological polar surface area (TPSA) is 35.5 Å². The monoisotopic (exact) mass is 214 g/mol. The highest BCUT2D eigenvalue weighted by molar-refractivity contribution is 4.76. The Kier molecular flexibility index (Phi) is 6.22. The molecule has 0 amide bonds. The van der Waals surface area contributed by atoms with Crippen molar-refractivity contribution in [3.8, 4) is 0 Å². The van der Waals surface area contributed by atoms with Crippen LogP contribution in [0, 0.1) is 5.92 Å². The maximum absolute atomic E-state index is 9.10. The zero-order valence-corrected chi connectivity index (χ0v) is 10.2. The summed E-state index contributed by atoms with van der Waals surface area (Å²) in [5.74, 6) is 0.952. The van der Waals surface area contributed by atoms with E-state index >= 15 is 0 Å². The first kappa shape index (κ1) is 12.9. The van der Waals surface area contributed by atoms with Gasteiger partial charge in [0, 0.05) is 12.6 Å². The van der Waals surface area contributed by atoms with E-state index in [2.05, 4.69) is 17.1 Å². The van der Waals surface area contributed by atoms with Gasteiger partial charge in [0.05, 0.1) is 6.61 Å². The molecule has 0 bridgehead atoms. The van der Waals surface area contributed by atoms with Gasteiger partial charge in [0.1, 0.15) is 0 Å². The molecule has 1 atom stereocenters. The maximum atomic E-state index is 9.10. The number of hydrogen-bond acceptors (Lipinski definition) is 3. The van der Waals surface area contributed by atoms with Crippen molar-refractivity contribution in [1.29, 1.82) is 0 Å². The van der Waals surface area contributed by atoms with E-state index in [0.29, 0.717) is 0 Å². The van der Waals surface area contributed by atoms with Crippen LogP contribution in [0.25, 0.3) is 0 Å². The van der Waals surface area contributed by atoms with Gasteiger partial charge in [0.15, 0.2) is 0 Å². The molecule has 0 aliphatic carbocycles. The molecule has 1 rings (SSSR count). The van der Waals surface area contributed by atoms with Crippen molar-refractivity contribution in [1.82, 2.24) is 10.2 Å². The van der Waals surface area contributed by atoms with Crippen molar-refractivity contribution in [2.75, 3.05) is 33.3 Å². The van der Waals surface area contributed by atoms with Crippen LogP contribution in [0.4, 0.5) is 0 Å². The molecule has 1 aliphatic heterocycles. The molecule has 0 saturated carbocycles. The summed E-state index contributed by atoms with van der Waals surface area (Å²) >= 11 is 0. The third-order valence-electron chi connectivity index (χ3n) is 3.51. The molecular formula is C12H26N2O. The largest absolute Gasteiger partial charge is 0.395 e. The van der Waals surface area contributed by atoms with E-state index in [-0.39, 0.29) is 12.6 Å². The molecule has 1 saturated heterocycles. The Morgan fingerprint density at radius 1 is 1.40 bits per heavy atom. The van der Waals surface area contributed by atoms with Gasteiger partial charge in [-0.3, -0.25) is 0 Å². The quantitative estimate of drug-likeness (QED) is 0.694. The highest BCUT2D eigenvalue weighted by Crippen LogP contribution is 2.21. The zero-order valence-electron chi connectivity index (χ0n) is 10.2. The maximum Gasteiger partial charge on any atom is 0.0597 e. The lowest BCUT2D eigenvalue weighted by molar-refractivity contribution is 0.142. The fourth-order valence-electron chi connectivity index (χ4n) is 2.42. The van der Waals surface area contributed by atoms with Crippen molar-refractivity contribution < 1.29 is 5.11 Å². The molecule has 15 heavy (non-hydrogen) atoms. The minimum atomic E-state index is 0.241. The van der Waals surface area contributed by atoms with Gasteiger partial charge in [0.25, 0.3) is 0 Å². The van der Waals surface area contributed by atoms with Crippen LogP contribution >= 0.6 is 0 Å². The van der Waals surface area contributed by atoms with Crippen LogP contribution in [-0.4, -0.2) is 49.3 Å². The van der Waals surface area contributed by atoms with Crippen LogP contribution in [0.2, 0.25) is 0 Å². The summed E-state index contributed by atoms with van der Waals surface area (Å²) in [6.45, 7) is 5.93. The van der Waals surface area contributed by atoms with Crippen LogP contribution in [0.15, 0.2) is 0 Å². The molecule has 2 N–H and O–H groups in total. The number of hydrogen-bond donors (Lipinski definition) is 2. The lowest BCUT2D eigenvalue weighted by Crippen LogP contribution is -2.44. The fourth-order valence-corrected chi connectivity index (χ4v) is 2.42. The Morgan fingerprint density at radius 2 is 2.07 bits per heavy atom. The molecule has 1 fully saturated rings. The van der Waals surface area contributed by atoms with Crippen LogP contribution in [0.3, 0.4) is 0 Å². The summed E-state index contributed by atoms with van der Waals surface area (Å²) in [4.78, 5) is 2.48. The molecule has 1 unspecified atom stereocenters. The van der Waals surface area contributed by atoms with Crippen LogP contribution in [0.1, 0.15) is 32.6 Å². The number of likely N-dealkylation sites (N-methyl/N-ethyl adjacent to an activating group) is 1. The number of aliphatic hydroxyl groups is 1. The Balaban J connectivity index is 2.19. The van der Waals surface area contributed by atoms with Gasteiger partial charge < -0.3 is 15.3 Å². The third kappa shape index (κ3) is 4.49. The summed E-state index contributed by atoms with van der Waals surface area (Å²) in [5, 5.41) is 12.2. The van der Waals surface area contributed by atoms with E-state index in [9.17, 15) is 0 Å². The Morgan fingerprint density at radius 3 is 2.53 bits per heavy atom. The second kappa shape index (κ2) is 7.20. The average molecular weight is 214 g/mol. The van der Waals surface area contributed by atoms with Crippen molar-refractivity contribution in [2.24, 2.45) is 5.92 Å². The first-order chi connectivity index (χ1) is 7.30. The van der Waals surface area contributed by atoms with E-state index in [0.717, 1.165) is 12.5 Å². The molecule has 0 radical (unpaired) electrons. The second-order valence-corrected chi connectivity index (χ2v) is 4.70. The normalized spacial score (nSPS) is 21.8. The van der Waals surface area contributed by atoms with Gasteiger partial charge in [-0.25, -0.2) is 0 Å². The lowest BCUT2D eigenvalue weighted by Gasteiger charge is -2.33. The molecule has 0 aromatic heterocycles. The van der Waals surface area contributed by atoms with E-state index in [4.69, 9.17) is 5.11 Å². The highest BCUT2D eigenvalue weighted by Gasteiger charge is 2.20. The number of aliphatic hydroxyl groups excluding tert-OH is 1. The number of nitrogens with one attached hydrogen (secondary N) is 1. The SMILES string of the molecule is CCCC1CCN(CC(CO)NC)CC1. The standard InChI is InChI=1S/C12H26N2O/c1-3-4-11-5-7-14(8-6-11)9-12(10-15)13-2/h11-13,15H,3-10H2,1-2H3. The predicted molar refractivity (Wildman–Crippen MR) is 64.0 cm³/mol. The second-order valence-electron chi connectivity index (χ2n) is 4.70. The Labute approximate surface area is 93.9 Å². The molecule has 3 nitrogen and oxygen atoms in total. The molecular weight excluding hydrogens is 188 g/mol. The predicted octanol–water partition coefficient (Wildman–Crippen LogP) is 1.08. The first-order valence-electron chi connectivity index (χ1n) is 6.30. The molecule has 1 aliphatic rings. The minimum Gasteiger partial charge on any atom is -0.395 e. The average Bonchev–Trinajstić information content (AvgIpc) is 2.28. The minimum absolute atomic E-state index is 0.241. The third-order valence-corrected chi connectivity index (χ3v) is 3.51. The fraction of sp³-hybridized carbons (Fsp3) is 1.00. The van der Waals surface area contributed by atoms with Crippen LogP contribution in [-0.2, 0) is 0 Å². The number of nitrogens with zero attached hydrogens (tertiary/aromatic N) is 1. The summed E-state index contributed by atoms with van der Waals surface area (Å²) in [7, 11) is 1.92. The first-order valence-corrected chi connectivity index (χ1v) is 6.30. The number of likely N-dealkylation sites (tertiary alicyclic amines) is 1. The molecule has 1 heterocycles. The van der Waals surface area contributed by atoms with E-state index in [1.807, 2.05) is 7.05 Å². The van der Waals surface area contributed by atoms with E-state index in [1.165, 1.54) is 38.8 Å². The van der Waals surface area contributed by atoms with Crippen LogP contribution in [0.5, 0.6) is 0 Å². The van der Waals surface area contributed by atoms with Crippen molar-refractivity contribution in [3.63, 3.8) is 0 Å². The van der Waals surface area contributed by atoms with Gasteiger partial charge in [-0.2, -0.15) is 0 Å². The summed E-state index contributed by atoms with van der Waals surface area (Å²) < 4.78 is 0. The van der Waals surface area contributed by atoms with Gasteiger partial charge in [-0.05, 0) is 38.9 Å². The van der Waals surface area contributed by atoms with Gasteiger partial charge >= 0.3 is 0 Å². The summed E-state index contributed by atoms with van der Waals surface area (Å²) in [6, 6.07) is 0.243. The van der Waals surface area contributed by atoms with Gasteiger partial charge in [-0.15, -0.1) is 0 Å². The molecule has 0 aromatic rings. The zero-order chi connectivity index (χ0) is 11.1. The summed E-state index contributed by atoms with van der Waals surface area (Å²) in [6.07, 6.45) is 5.40. The summed E-state index contributed by atoms with van der Waals surface area (Å²) in [5.41, 5.74) is 0. The Hall–Kier alpha value is -0.120. The van der Waals surface area contributed by atoms with Gasteiger partial charge in [0.2, 0.25) is 0 Å². The van der Waals surface area contributed by atoms with Gasteiger partial charge in [-0.1, -0.05) is 19.8 Å². The van der Waals surface area contributed by atoms with E-state index < -0.39 is 0 Å². The van der Waals surface area contributed by atoms with Crippen molar-refractivity contribution in [2.45, 2.75) is 38.6 Å². The molecule has 0 spiro atoms. The number of rotatable bonds is 6. The lowest BCUT2D eigenvalue weighted by atomic mass is 9.92. The molecule has 3 heteroatoms. The smallest absolute Gasteiger partial charge is 0.0597 e. The van der Waals surface area contributed by atoms with Crippen molar-refractivity contribution >= 4 is 0 Å². The Bertz CT molecular complexity index is 152. The molecule has 90 valence electrons. The van der Waals surface area contributed by atoms with Crippen LogP contribution < -0.4 is 5.32 Å². The number of piperidine rings is 1.